The topological polar surface area (TPSA) is 41.6 Å². The number of hydrogen-bond acceptors (Lipinski definition) is 4. The highest BCUT2D eigenvalue weighted by atomic mass is 16.5. The fraction of sp³-hybridized carbons (Fsp3) is 0.588. The lowest BCUT2D eigenvalue weighted by Gasteiger charge is -2.37. The summed E-state index contributed by atoms with van der Waals surface area (Å²) in [6.45, 7) is 0.616. The van der Waals surface area contributed by atoms with Crippen molar-refractivity contribution in [2.75, 3.05) is 27.7 Å². The van der Waals surface area contributed by atoms with Gasteiger partial charge in [-0.05, 0) is 32.5 Å². The van der Waals surface area contributed by atoms with Gasteiger partial charge < -0.3 is 15.0 Å². The minimum absolute atomic E-state index is 0.235. The van der Waals surface area contributed by atoms with Crippen molar-refractivity contribution in [3.8, 4) is 0 Å². The Morgan fingerprint density at radius 1 is 1.33 bits per heavy atom. The second-order valence-corrected chi connectivity index (χ2v) is 5.87. The van der Waals surface area contributed by atoms with Gasteiger partial charge in [-0.2, -0.15) is 0 Å². The van der Waals surface area contributed by atoms with Crippen molar-refractivity contribution in [1.29, 1.82) is 0 Å². The van der Waals surface area contributed by atoms with Crippen LogP contribution >= 0.6 is 0 Å². The number of hydrogen-bond donors (Lipinski definition) is 1. The SMILES string of the molecule is CNC(CN(C)C1CCCC1)(C(=O)OC)c1ccccc1. The van der Waals surface area contributed by atoms with Gasteiger partial charge in [0.05, 0.1) is 7.11 Å². The van der Waals surface area contributed by atoms with E-state index in [2.05, 4.69) is 17.3 Å². The van der Waals surface area contributed by atoms with E-state index in [9.17, 15) is 4.79 Å². The molecule has 0 spiro atoms. The molecule has 0 radical (unpaired) electrons. The maximum Gasteiger partial charge on any atom is 0.332 e. The molecular weight excluding hydrogens is 264 g/mol. The molecule has 1 aromatic carbocycles. The molecule has 2 rings (SSSR count). The van der Waals surface area contributed by atoms with Crippen LogP contribution in [0.3, 0.4) is 0 Å². The number of likely N-dealkylation sites (N-methyl/N-ethyl adjacent to an activating group) is 2. The molecule has 116 valence electrons. The first-order valence-corrected chi connectivity index (χ1v) is 7.67. The highest BCUT2D eigenvalue weighted by Crippen LogP contribution is 2.28. The summed E-state index contributed by atoms with van der Waals surface area (Å²) >= 11 is 0. The molecule has 1 fully saturated rings. The molecule has 4 nitrogen and oxygen atoms in total. The molecule has 1 aromatic rings. The Kier molecular flexibility index (Phi) is 5.37. The van der Waals surface area contributed by atoms with Crippen molar-refractivity contribution >= 4 is 5.97 Å². The zero-order valence-electron chi connectivity index (χ0n) is 13.3. The van der Waals surface area contributed by atoms with Crippen LogP contribution in [0.1, 0.15) is 31.2 Å². The standard InChI is InChI=1S/C17H26N2O2/c1-18-17(16(20)21-3,14-9-5-4-6-10-14)13-19(2)15-11-7-8-12-15/h4-6,9-10,15,18H,7-8,11-13H2,1-3H3. The summed E-state index contributed by atoms with van der Waals surface area (Å²) in [5, 5.41) is 3.22. The lowest BCUT2D eigenvalue weighted by atomic mass is 9.88. The Labute approximate surface area is 127 Å². The van der Waals surface area contributed by atoms with Gasteiger partial charge >= 0.3 is 5.97 Å². The summed E-state index contributed by atoms with van der Waals surface area (Å²) in [4.78, 5) is 14.8. The Morgan fingerprint density at radius 3 is 2.48 bits per heavy atom. The van der Waals surface area contributed by atoms with E-state index in [0.29, 0.717) is 12.6 Å². The molecule has 1 saturated carbocycles. The summed E-state index contributed by atoms with van der Waals surface area (Å²) in [5.41, 5.74) is 0.136. The molecule has 1 atom stereocenters. The summed E-state index contributed by atoms with van der Waals surface area (Å²) in [5.74, 6) is -0.235. The average Bonchev–Trinajstić information content (AvgIpc) is 3.07. The molecule has 21 heavy (non-hydrogen) atoms. The molecule has 1 aliphatic rings. The first-order valence-electron chi connectivity index (χ1n) is 7.67. The smallest absolute Gasteiger partial charge is 0.332 e. The van der Waals surface area contributed by atoms with Gasteiger partial charge in [0.1, 0.15) is 0 Å². The van der Waals surface area contributed by atoms with Crippen LogP contribution in [0.25, 0.3) is 0 Å². The Morgan fingerprint density at radius 2 is 1.95 bits per heavy atom. The van der Waals surface area contributed by atoms with Crippen molar-refractivity contribution in [2.45, 2.75) is 37.3 Å². The second-order valence-electron chi connectivity index (χ2n) is 5.87. The Hall–Kier alpha value is -1.39. The van der Waals surface area contributed by atoms with E-state index in [1.54, 1.807) is 0 Å². The van der Waals surface area contributed by atoms with Crippen LogP contribution in [0.2, 0.25) is 0 Å². The fourth-order valence-electron chi connectivity index (χ4n) is 3.34. The fourth-order valence-corrected chi connectivity index (χ4v) is 3.34. The van der Waals surface area contributed by atoms with E-state index in [0.717, 1.165) is 5.56 Å². The third kappa shape index (κ3) is 3.27. The van der Waals surface area contributed by atoms with Crippen molar-refractivity contribution < 1.29 is 9.53 Å². The minimum Gasteiger partial charge on any atom is -0.467 e. The number of esters is 1. The maximum atomic E-state index is 12.5. The molecule has 4 heteroatoms. The lowest BCUT2D eigenvalue weighted by Crippen LogP contribution is -2.56. The molecule has 0 saturated heterocycles. The monoisotopic (exact) mass is 290 g/mol. The van der Waals surface area contributed by atoms with Gasteiger partial charge in [-0.15, -0.1) is 0 Å². The van der Waals surface area contributed by atoms with Crippen LogP contribution in [0.15, 0.2) is 30.3 Å². The molecule has 1 N–H and O–H groups in total. The normalized spacial score (nSPS) is 18.7. The molecule has 0 aliphatic heterocycles. The molecule has 0 bridgehead atoms. The zero-order chi connectivity index (χ0) is 15.3. The van der Waals surface area contributed by atoms with E-state index >= 15 is 0 Å². The number of ether oxygens (including phenoxy) is 1. The zero-order valence-corrected chi connectivity index (χ0v) is 13.3. The predicted molar refractivity (Wildman–Crippen MR) is 84.1 cm³/mol. The summed E-state index contributed by atoms with van der Waals surface area (Å²) in [6.07, 6.45) is 4.99. The Balaban J connectivity index is 2.28. The largest absolute Gasteiger partial charge is 0.467 e. The van der Waals surface area contributed by atoms with Gasteiger partial charge in [0.15, 0.2) is 5.54 Å². The molecule has 0 heterocycles. The molecule has 0 amide bonds. The molecule has 1 aliphatic carbocycles. The number of methoxy groups -OCH3 is 1. The molecule has 1 unspecified atom stereocenters. The number of carbonyl (C=O) groups is 1. The van der Waals surface area contributed by atoms with E-state index in [1.807, 2.05) is 37.4 Å². The van der Waals surface area contributed by atoms with Crippen molar-refractivity contribution in [2.24, 2.45) is 0 Å². The van der Waals surface area contributed by atoms with Crippen LogP contribution in [-0.4, -0.2) is 44.7 Å². The van der Waals surface area contributed by atoms with Crippen LogP contribution in [0.4, 0.5) is 0 Å². The third-order valence-corrected chi connectivity index (χ3v) is 4.66. The third-order valence-electron chi connectivity index (χ3n) is 4.66. The summed E-state index contributed by atoms with van der Waals surface area (Å²) in [7, 11) is 5.38. The van der Waals surface area contributed by atoms with Crippen molar-refractivity contribution in [3.05, 3.63) is 35.9 Å². The number of rotatable bonds is 6. The van der Waals surface area contributed by atoms with Crippen LogP contribution in [-0.2, 0) is 15.1 Å². The van der Waals surface area contributed by atoms with E-state index < -0.39 is 5.54 Å². The molecule has 0 aromatic heterocycles. The predicted octanol–water partition coefficient (Wildman–Crippen LogP) is 2.15. The lowest BCUT2D eigenvalue weighted by molar-refractivity contribution is -0.150. The highest BCUT2D eigenvalue weighted by molar-refractivity contribution is 5.83. The van der Waals surface area contributed by atoms with Crippen LogP contribution < -0.4 is 5.32 Å². The van der Waals surface area contributed by atoms with Crippen LogP contribution in [0.5, 0.6) is 0 Å². The number of benzene rings is 1. The molecular formula is C17H26N2O2. The number of nitrogens with zero attached hydrogens (tertiary/aromatic N) is 1. The van der Waals surface area contributed by atoms with Gasteiger partial charge in [-0.1, -0.05) is 43.2 Å². The van der Waals surface area contributed by atoms with E-state index in [-0.39, 0.29) is 5.97 Å². The van der Waals surface area contributed by atoms with Crippen molar-refractivity contribution in [3.63, 3.8) is 0 Å². The second kappa shape index (κ2) is 7.05. The number of nitrogens with one attached hydrogen (secondary N) is 1. The van der Waals surface area contributed by atoms with E-state index in [1.165, 1.54) is 32.8 Å². The minimum atomic E-state index is -0.812. The Bertz CT molecular complexity index is 457. The maximum absolute atomic E-state index is 12.5. The average molecular weight is 290 g/mol. The summed E-state index contributed by atoms with van der Waals surface area (Å²) in [6, 6.07) is 10.4. The van der Waals surface area contributed by atoms with Gasteiger partial charge in [-0.25, -0.2) is 4.79 Å². The number of carbonyl (C=O) groups excluding carboxylic acids is 1. The van der Waals surface area contributed by atoms with Gasteiger partial charge in [0.2, 0.25) is 0 Å². The highest BCUT2D eigenvalue weighted by Gasteiger charge is 2.42. The first-order chi connectivity index (χ1) is 10.1. The first kappa shape index (κ1) is 16.0. The quantitative estimate of drug-likeness (QED) is 0.815. The van der Waals surface area contributed by atoms with Crippen molar-refractivity contribution in [1.82, 2.24) is 10.2 Å². The van der Waals surface area contributed by atoms with E-state index in [4.69, 9.17) is 4.74 Å². The van der Waals surface area contributed by atoms with Gasteiger partial charge in [-0.3, -0.25) is 0 Å². The summed E-state index contributed by atoms with van der Waals surface area (Å²) < 4.78 is 5.10. The van der Waals surface area contributed by atoms with Gasteiger partial charge in [0, 0.05) is 12.6 Å². The van der Waals surface area contributed by atoms with Crippen LogP contribution in [0, 0.1) is 0 Å². The van der Waals surface area contributed by atoms with Gasteiger partial charge in [0.25, 0.3) is 0 Å².